The van der Waals surface area contributed by atoms with Gasteiger partial charge in [0.05, 0.1) is 0 Å². The van der Waals surface area contributed by atoms with Crippen molar-refractivity contribution in [2.24, 2.45) is 5.73 Å². The number of aliphatic carboxylic acids is 1. The second-order valence-electron chi connectivity index (χ2n) is 6.36. The van der Waals surface area contributed by atoms with Crippen LogP contribution in [0, 0.1) is 0 Å². The summed E-state index contributed by atoms with van der Waals surface area (Å²) in [6.07, 6.45) is 33.8. The zero-order valence-corrected chi connectivity index (χ0v) is 17.9. The van der Waals surface area contributed by atoms with Crippen molar-refractivity contribution in [1.82, 2.24) is 0 Å². The van der Waals surface area contributed by atoms with Crippen molar-refractivity contribution in [3.8, 4) is 0 Å². The first kappa shape index (κ1) is 28.1. The third kappa shape index (κ3) is 31.6. The van der Waals surface area contributed by atoms with Gasteiger partial charge in [-0.1, -0.05) is 119 Å². The van der Waals surface area contributed by atoms with Crippen molar-refractivity contribution < 1.29 is 9.90 Å². The highest BCUT2D eigenvalue weighted by Gasteiger charge is 1.88. The van der Waals surface area contributed by atoms with E-state index in [-0.39, 0.29) is 0 Å². The van der Waals surface area contributed by atoms with Gasteiger partial charge < -0.3 is 10.8 Å². The van der Waals surface area contributed by atoms with Crippen LogP contribution in [0.3, 0.4) is 0 Å². The largest absolute Gasteiger partial charge is 0.478 e. The minimum absolute atomic E-state index is 0.819. The van der Waals surface area contributed by atoms with Crippen molar-refractivity contribution in [3.05, 3.63) is 72.9 Å². The Morgan fingerprint density at radius 2 is 1.11 bits per heavy atom. The molecule has 0 fully saturated rings. The number of nitrogens with two attached hydrogens (primary N) is 1. The first-order valence-electron chi connectivity index (χ1n) is 10.6. The zero-order valence-electron chi connectivity index (χ0n) is 17.9. The molecule has 0 atom stereocenters. The molecular weight excluding hydrogens is 346 g/mol. The fourth-order valence-corrected chi connectivity index (χ4v) is 2.05. The first-order valence-corrected chi connectivity index (χ1v) is 10.6. The average Bonchev–Trinajstić information content (AvgIpc) is 2.69. The van der Waals surface area contributed by atoms with E-state index in [4.69, 9.17) is 10.8 Å². The number of hydrogen-bond acceptors (Lipinski definition) is 2. The molecule has 0 aromatic rings. The molecule has 3 nitrogen and oxygen atoms in total. The van der Waals surface area contributed by atoms with E-state index in [2.05, 4.69) is 26.0 Å². The van der Waals surface area contributed by atoms with Crippen molar-refractivity contribution in [2.75, 3.05) is 6.54 Å². The molecular formula is C25H41NO2. The van der Waals surface area contributed by atoms with Crippen LogP contribution >= 0.6 is 0 Å². The highest BCUT2D eigenvalue weighted by molar-refractivity contribution is 5.80. The average molecular weight is 388 g/mol. The van der Waals surface area contributed by atoms with Crippen LogP contribution in [0.25, 0.3) is 0 Å². The summed E-state index contributed by atoms with van der Waals surface area (Å²) in [6.45, 7) is 5.13. The monoisotopic (exact) mass is 387 g/mol. The summed E-state index contributed by atoms with van der Waals surface area (Å²) >= 11 is 0. The molecule has 0 spiro atoms. The summed E-state index contributed by atoms with van der Waals surface area (Å²) in [6, 6.07) is 0. The van der Waals surface area contributed by atoms with Crippen LogP contribution in [-0.2, 0) is 4.79 Å². The van der Waals surface area contributed by atoms with E-state index in [0.29, 0.717) is 0 Å². The topological polar surface area (TPSA) is 63.3 Å². The lowest BCUT2D eigenvalue weighted by atomic mass is 10.1. The van der Waals surface area contributed by atoms with Gasteiger partial charge in [0, 0.05) is 6.08 Å². The summed E-state index contributed by atoms with van der Waals surface area (Å²) in [5, 5.41) is 8.39. The van der Waals surface area contributed by atoms with E-state index in [0.717, 1.165) is 25.5 Å². The molecule has 28 heavy (non-hydrogen) atoms. The van der Waals surface area contributed by atoms with Gasteiger partial charge in [-0.2, -0.15) is 0 Å². The minimum Gasteiger partial charge on any atom is -0.478 e. The molecule has 0 aliphatic rings. The van der Waals surface area contributed by atoms with Crippen molar-refractivity contribution in [2.45, 2.75) is 71.6 Å². The Morgan fingerprint density at radius 3 is 1.57 bits per heavy atom. The Balaban J connectivity index is 0. The van der Waals surface area contributed by atoms with Crippen LogP contribution in [0.4, 0.5) is 0 Å². The van der Waals surface area contributed by atoms with Crippen LogP contribution in [0.1, 0.15) is 71.6 Å². The lowest BCUT2D eigenvalue weighted by Crippen LogP contribution is -1.93. The van der Waals surface area contributed by atoms with E-state index >= 15 is 0 Å². The van der Waals surface area contributed by atoms with Crippen LogP contribution in [0.2, 0.25) is 0 Å². The predicted octanol–water partition coefficient (Wildman–Crippen LogP) is 6.90. The zero-order chi connectivity index (χ0) is 21.1. The van der Waals surface area contributed by atoms with Gasteiger partial charge >= 0.3 is 5.97 Å². The van der Waals surface area contributed by atoms with Gasteiger partial charge in [-0.15, -0.1) is 0 Å². The summed E-state index contributed by atoms with van der Waals surface area (Å²) < 4.78 is 0. The van der Waals surface area contributed by atoms with Gasteiger partial charge in [-0.25, -0.2) is 4.79 Å². The summed E-state index contributed by atoms with van der Waals surface area (Å²) in [5.41, 5.74) is 5.03. The quantitative estimate of drug-likeness (QED) is 0.182. The van der Waals surface area contributed by atoms with E-state index in [1.54, 1.807) is 12.2 Å². The molecule has 0 bridgehead atoms. The molecule has 158 valence electrons. The van der Waals surface area contributed by atoms with E-state index < -0.39 is 5.97 Å². The van der Waals surface area contributed by atoms with Crippen LogP contribution in [0.15, 0.2) is 72.9 Å². The Kier molecular flexibility index (Phi) is 27.2. The fraction of sp³-hybridized carbons (Fsp3) is 0.480. The van der Waals surface area contributed by atoms with E-state index in [1.807, 2.05) is 36.5 Å². The van der Waals surface area contributed by atoms with Gasteiger partial charge in [0.25, 0.3) is 0 Å². The molecule has 0 saturated heterocycles. The molecule has 0 aliphatic heterocycles. The van der Waals surface area contributed by atoms with Crippen molar-refractivity contribution in [3.63, 3.8) is 0 Å². The maximum Gasteiger partial charge on any atom is 0.328 e. The van der Waals surface area contributed by atoms with Gasteiger partial charge in [0.1, 0.15) is 0 Å². The molecule has 0 aromatic heterocycles. The number of hydrogen-bond donors (Lipinski definition) is 2. The highest BCUT2D eigenvalue weighted by Crippen LogP contribution is 2.08. The second-order valence-corrected chi connectivity index (χ2v) is 6.36. The fourth-order valence-electron chi connectivity index (χ4n) is 2.05. The predicted molar refractivity (Wildman–Crippen MR) is 124 cm³/mol. The lowest BCUT2D eigenvalue weighted by Gasteiger charge is -1.98. The Hall–Kier alpha value is -2.13. The molecule has 0 heterocycles. The van der Waals surface area contributed by atoms with Crippen LogP contribution < -0.4 is 5.73 Å². The summed E-state index contributed by atoms with van der Waals surface area (Å²) in [4.78, 5) is 10.2. The van der Waals surface area contributed by atoms with Crippen molar-refractivity contribution in [1.29, 1.82) is 0 Å². The van der Waals surface area contributed by atoms with Gasteiger partial charge in [-0.05, 0) is 25.8 Å². The normalized spacial score (nSPS) is 12.2. The molecule has 0 unspecified atom stereocenters. The van der Waals surface area contributed by atoms with Crippen molar-refractivity contribution >= 4 is 5.97 Å². The Bertz CT molecular complexity index is 495. The number of allylic oxidation sites excluding steroid dienone is 11. The summed E-state index contributed by atoms with van der Waals surface area (Å²) in [5.74, 6) is -0.936. The third-order valence-corrected chi connectivity index (χ3v) is 3.64. The first-order chi connectivity index (χ1) is 13.7. The molecule has 0 saturated carbocycles. The number of carboxylic acid groups (broad SMARTS) is 1. The van der Waals surface area contributed by atoms with E-state index in [1.165, 1.54) is 51.0 Å². The van der Waals surface area contributed by atoms with Gasteiger partial charge in [-0.3, -0.25) is 0 Å². The smallest absolute Gasteiger partial charge is 0.328 e. The highest BCUT2D eigenvalue weighted by atomic mass is 16.4. The standard InChI is InChI=1S/C22H32O2.C3H9N/c1-2-3-4-5-6-7-8-9-10-11-12-13-14-15-16-17-18-19-20-21-22(23)24;1-2-3-4/h10-21H,2-9H2,1H3,(H,23,24);2-4H2,1H3. The molecule has 0 radical (unpaired) electrons. The van der Waals surface area contributed by atoms with Gasteiger partial charge in [0.15, 0.2) is 0 Å². The summed E-state index contributed by atoms with van der Waals surface area (Å²) in [7, 11) is 0. The molecule has 0 rings (SSSR count). The third-order valence-electron chi connectivity index (χ3n) is 3.64. The minimum atomic E-state index is -0.936. The second kappa shape index (κ2) is 27.1. The molecule has 3 heteroatoms. The maximum atomic E-state index is 10.2. The molecule has 0 aliphatic carbocycles. The lowest BCUT2D eigenvalue weighted by molar-refractivity contribution is -0.131. The number of rotatable bonds is 15. The molecule has 0 amide bonds. The van der Waals surface area contributed by atoms with Gasteiger partial charge in [0.2, 0.25) is 0 Å². The van der Waals surface area contributed by atoms with Crippen LogP contribution in [0.5, 0.6) is 0 Å². The van der Waals surface area contributed by atoms with Crippen LogP contribution in [-0.4, -0.2) is 17.6 Å². The molecule has 3 N–H and O–H groups in total. The van der Waals surface area contributed by atoms with E-state index in [9.17, 15) is 4.79 Å². The Labute approximate surface area is 173 Å². The SMILES string of the molecule is CCCCCCCCCC=CC=CC=CC=CC=CC=CC(=O)O.CCCN. The molecule has 0 aromatic carbocycles. The number of carbonyl (C=O) groups is 1. The number of carboxylic acids is 1. The number of unbranched alkanes of at least 4 members (excludes halogenated alkanes) is 7. The Morgan fingerprint density at radius 1 is 0.679 bits per heavy atom. The maximum absolute atomic E-state index is 10.2.